The molecule has 1 aromatic carbocycles. The van der Waals surface area contributed by atoms with Crippen LogP contribution in [0.15, 0.2) is 29.1 Å². The van der Waals surface area contributed by atoms with Crippen molar-refractivity contribution < 1.29 is 0 Å². The van der Waals surface area contributed by atoms with Crippen LogP contribution in [0.2, 0.25) is 0 Å². The van der Waals surface area contributed by atoms with Crippen LogP contribution in [0.25, 0.3) is 21.6 Å². The average Bonchev–Trinajstić information content (AvgIpc) is 2.92. The lowest BCUT2D eigenvalue weighted by Crippen LogP contribution is -2.26. The van der Waals surface area contributed by atoms with E-state index in [1.54, 1.807) is 11.3 Å². The molecule has 0 saturated carbocycles. The second kappa shape index (κ2) is 5.80. The summed E-state index contributed by atoms with van der Waals surface area (Å²) in [6.07, 6.45) is 3.21. The van der Waals surface area contributed by atoms with E-state index >= 15 is 0 Å². The first-order chi connectivity index (χ1) is 11.8. The van der Waals surface area contributed by atoms with Crippen LogP contribution in [-0.4, -0.2) is 9.97 Å². The maximum atomic E-state index is 12.8. The van der Waals surface area contributed by atoms with E-state index in [1.165, 1.54) is 16.0 Å². The van der Waals surface area contributed by atoms with Gasteiger partial charge in [-0.2, -0.15) is 0 Å². The molecule has 1 unspecified atom stereocenters. The fourth-order valence-electron chi connectivity index (χ4n) is 3.77. The minimum Gasteiger partial charge on any atom is -0.306 e. The van der Waals surface area contributed by atoms with E-state index in [4.69, 9.17) is 4.98 Å². The summed E-state index contributed by atoms with van der Waals surface area (Å²) in [4.78, 5) is 22.8. The zero-order valence-electron chi connectivity index (χ0n) is 15.3. The first-order valence-corrected chi connectivity index (χ1v) is 9.76. The molecule has 1 aliphatic rings. The molecule has 25 heavy (non-hydrogen) atoms. The van der Waals surface area contributed by atoms with Gasteiger partial charge in [0, 0.05) is 10.4 Å². The van der Waals surface area contributed by atoms with Crippen LogP contribution in [0.3, 0.4) is 0 Å². The van der Waals surface area contributed by atoms with Crippen LogP contribution >= 0.6 is 11.3 Å². The number of nitrogens with one attached hydrogen (secondary N) is 1. The van der Waals surface area contributed by atoms with E-state index < -0.39 is 0 Å². The average molecular weight is 353 g/mol. The van der Waals surface area contributed by atoms with Gasteiger partial charge in [0.25, 0.3) is 5.56 Å². The van der Waals surface area contributed by atoms with Gasteiger partial charge >= 0.3 is 0 Å². The van der Waals surface area contributed by atoms with Crippen molar-refractivity contribution in [2.24, 2.45) is 11.3 Å². The van der Waals surface area contributed by atoms with E-state index in [0.29, 0.717) is 17.2 Å². The van der Waals surface area contributed by atoms with Crippen molar-refractivity contribution in [2.45, 2.75) is 47.0 Å². The van der Waals surface area contributed by atoms with Crippen molar-refractivity contribution in [3.8, 4) is 11.4 Å². The molecule has 2 heterocycles. The lowest BCUT2D eigenvalue weighted by Gasteiger charge is -2.33. The zero-order valence-corrected chi connectivity index (χ0v) is 16.1. The topological polar surface area (TPSA) is 45.8 Å². The highest BCUT2D eigenvalue weighted by Gasteiger charge is 2.31. The molecule has 0 aliphatic heterocycles. The van der Waals surface area contributed by atoms with Gasteiger partial charge < -0.3 is 4.98 Å². The fraction of sp³-hybridized carbons (Fsp3) is 0.429. The summed E-state index contributed by atoms with van der Waals surface area (Å²) in [5.74, 6) is 1.34. The monoisotopic (exact) mass is 352 g/mol. The maximum Gasteiger partial charge on any atom is 0.260 e. The Morgan fingerprint density at radius 3 is 2.60 bits per heavy atom. The number of aryl methyl sites for hydroxylation is 2. The second-order valence-corrected chi connectivity index (χ2v) is 9.35. The zero-order chi connectivity index (χ0) is 17.8. The Balaban J connectivity index is 1.81. The van der Waals surface area contributed by atoms with E-state index in [1.807, 2.05) is 24.3 Å². The van der Waals surface area contributed by atoms with Crippen molar-refractivity contribution in [3.63, 3.8) is 0 Å². The Bertz CT molecular complexity index is 990. The summed E-state index contributed by atoms with van der Waals surface area (Å²) in [6.45, 7) is 9.01. The van der Waals surface area contributed by atoms with Gasteiger partial charge in [-0.05, 0) is 43.1 Å². The molecule has 3 nitrogen and oxygen atoms in total. The summed E-state index contributed by atoms with van der Waals surface area (Å²) in [5, 5.41) is 0.822. The smallest absolute Gasteiger partial charge is 0.260 e. The van der Waals surface area contributed by atoms with Gasteiger partial charge in [0.2, 0.25) is 0 Å². The van der Waals surface area contributed by atoms with Gasteiger partial charge in [0.1, 0.15) is 10.7 Å². The summed E-state index contributed by atoms with van der Waals surface area (Å²) in [5.41, 5.74) is 3.72. The molecule has 2 aromatic heterocycles. The molecule has 0 spiro atoms. The lowest BCUT2D eigenvalue weighted by molar-refractivity contribution is 0.218. The normalized spacial score (nSPS) is 17.7. The minimum absolute atomic E-state index is 0.00674. The molecule has 0 saturated heterocycles. The van der Waals surface area contributed by atoms with Crippen LogP contribution in [0.5, 0.6) is 0 Å². The lowest BCUT2D eigenvalue weighted by atomic mass is 9.72. The third kappa shape index (κ3) is 2.93. The molecule has 1 N–H and O–H groups in total. The first kappa shape index (κ1) is 16.5. The van der Waals surface area contributed by atoms with Crippen LogP contribution < -0.4 is 5.56 Å². The Labute approximate surface area is 152 Å². The molecule has 4 rings (SSSR count). The second-order valence-electron chi connectivity index (χ2n) is 8.27. The highest BCUT2D eigenvalue weighted by atomic mass is 32.1. The highest BCUT2D eigenvalue weighted by molar-refractivity contribution is 7.18. The maximum absolute atomic E-state index is 12.8. The number of nitrogens with zero attached hydrogens (tertiary/aromatic N) is 1. The van der Waals surface area contributed by atoms with Gasteiger partial charge in [-0.3, -0.25) is 4.79 Å². The quantitative estimate of drug-likeness (QED) is 0.661. The van der Waals surface area contributed by atoms with Gasteiger partial charge in [-0.1, -0.05) is 50.6 Å². The van der Waals surface area contributed by atoms with Gasteiger partial charge in [0.15, 0.2) is 0 Å². The predicted molar refractivity (Wildman–Crippen MR) is 105 cm³/mol. The number of fused-ring (bicyclic) bond motifs is 3. The molecule has 1 atom stereocenters. The largest absolute Gasteiger partial charge is 0.306 e. The van der Waals surface area contributed by atoms with Crippen molar-refractivity contribution in [1.82, 2.24) is 9.97 Å². The Hall–Kier alpha value is -1.94. The van der Waals surface area contributed by atoms with Gasteiger partial charge in [-0.15, -0.1) is 11.3 Å². The predicted octanol–water partition coefficient (Wildman–Crippen LogP) is 5.11. The third-order valence-electron chi connectivity index (χ3n) is 5.47. The molecule has 3 aromatic rings. The summed E-state index contributed by atoms with van der Waals surface area (Å²) >= 11 is 1.71. The molecule has 1 aliphatic carbocycles. The Kier molecular flexibility index (Phi) is 3.84. The Morgan fingerprint density at radius 2 is 1.92 bits per heavy atom. The van der Waals surface area contributed by atoms with Crippen LogP contribution in [0.4, 0.5) is 0 Å². The van der Waals surface area contributed by atoms with Crippen LogP contribution in [-0.2, 0) is 12.8 Å². The van der Waals surface area contributed by atoms with E-state index in [0.717, 1.165) is 35.0 Å². The summed E-state index contributed by atoms with van der Waals surface area (Å²) in [6, 6.07) is 8.13. The van der Waals surface area contributed by atoms with E-state index in [2.05, 4.69) is 32.7 Å². The summed E-state index contributed by atoms with van der Waals surface area (Å²) < 4.78 is 0. The number of aromatic nitrogens is 2. The molecular weight excluding hydrogens is 328 g/mol. The van der Waals surface area contributed by atoms with E-state index in [-0.39, 0.29) is 5.56 Å². The molecule has 130 valence electrons. The minimum atomic E-state index is 0.00674. The highest BCUT2D eigenvalue weighted by Crippen LogP contribution is 2.42. The third-order valence-corrected chi connectivity index (χ3v) is 6.62. The van der Waals surface area contributed by atoms with Gasteiger partial charge in [-0.25, -0.2) is 4.98 Å². The molecule has 0 bridgehead atoms. The number of aromatic amines is 1. The standard InChI is InChI=1S/C21H24N2OS/c1-12-5-7-13(8-6-12)18-22-19(24)17-15-10-9-14(21(2,3)4)11-16(15)25-20(17)23-18/h5-8,14H,9-11H2,1-4H3,(H,22,23,24). The van der Waals surface area contributed by atoms with E-state index in [9.17, 15) is 4.79 Å². The Morgan fingerprint density at radius 1 is 1.20 bits per heavy atom. The molecular formula is C21H24N2OS. The van der Waals surface area contributed by atoms with Crippen molar-refractivity contribution in [3.05, 3.63) is 50.6 Å². The SMILES string of the molecule is Cc1ccc(-c2nc3sc4c(c3c(=O)[nH]2)CCC(C(C)(C)C)C4)cc1. The van der Waals surface area contributed by atoms with Gasteiger partial charge in [0.05, 0.1) is 5.39 Å². The number of H-pyrrole nitrogens is 1. The van der Waals surface area contributed by atoms with Crippen LogP contribution in [0, 0.1) is 18.3 Å². The van der Waals surface area contributed by atoms with Crippen molar-refractivity contribution >= 4 is 21.6 Å². The number of rotatable bonds is 1. The number of hydrogen-bond donors (Lipinski definition) is 1. The molecule has 0 amide bonds. The molecule has 4 heteroatoms. The first-order valence-electron chi connectivity index (χ1n) is 8.94. The van der Waals surface area contributed by atoms with Crippen molar-refractivity contribution in [1.29, 1.82) is 0 Å². The fourth-order valence-corrected chi connectivity index (χ4v) is 5.07. The summed E-state index contributed by atoms with van der Waals surface area (Å²) in [7, 11) is 0. The molecule has 0 radical (unpaired) electrons. The van der Waals surface area contributed by atoms with Crippen LogP contribution in [0.1, 0.15) is 43.2 Å². The number of thiophene rings is 1. The molecule has 0 fully saturated rings. The van der Waals surface area contributed by atoms with Crippen molar-refractivity contribution in [2.75, 3.05) is 0 Å². The number of benzene rings is 1. The number of hydrogen-bond acceptors (Lipinski definition) is 3.